The molecule has 0 radical (unpaired) electrons. The van der Waals surface area contributed by atoms with Gasteiger partial charge >= 0.3 is 17.1 Å². The molecule has 1 aromatic carbocycles. The van der Waals surface area contributed by atoms with E-state index in [9.17, 15) is 23.9 Å². The molecule has 4 unspecified atom stereocenters. The van der Waals surface area contributed by atoms with Crippen LogP contribution < -0.4 is 17.1 Å². The van der Waals surface area contributed by atoms with Crippen molar-refractivity contribution >= 4 is 0 Å². The van der Waals surface area contributed by atoms with Crippen molar-refractivity contribution in [1.82, 2.24) is 48.4 Å². The fourth-order valence-corrected chi connectivity index (χ4v) is 8.67. The maximum absolute atomic E-state index is 13.9. The number of aromatic nitrogens is 9. The fourth-order valence-electron chi connectivity index (χ4n) is 8.67. The predicted molar refractivity (Wildman–Crippen MR) is 212 cm³/mol. The molecule has 6 fully saturated rings. The van der Waals surface area contributed by atoms with E-state index in [1.54, 1.807) is 30.5 Å². The van der Waals surface area contributed by atoms with E-state index in [1.165, 1.54) is 36.4 Å². The van der Waals surface area contributed by atoms with Crippen LogP contribution in [0.15, 0.2) is 38.6 Å². The summed E-state index contributed by atoms with van der Waals surface area (Å²) in [6.45, 7) is 10.4. The van der Waals surface area contributed by atoms with E-state index in [0.29, 0.717) is 61.6 Å². The molecular formula is C41H59FN10O6. The van der Waals surface area contributed by atoms with Crippen molar-refractivity contribution < 1.29 is 19.0 Å². The average molecular weight is 807 g/mol. The lowest BCUT2D eigenvalue weighted by Crippen LogP contribution is -2.49. The highest BCUT2D eigenvalue weighted by atomic mass is 19.1. The van der Waals surface area contributed by atoms with Gasteiger partial charge in [0.15, 0.2) is 0 Å². The number of aliphatic hydroxyl groups is 1. The molecule has 58 heavy (non-hydrogen) atoms. The number of rotatable bonds is 15. The van der Waals surface area contributed by atoms with Crippen LogP contribution in [0.4, 0.5) is 4.39 Å². The number of benzene rings is 1. The second kappa shape index (κ2) is 17.6. The lowest BCUT2D eigenvalue weighted by Gasteiger charge is -2.39. The molecule has 0 spiro atoms. The molecule has 6 heterocycles. The zero-order valence-electron chi connectivity index (χ0n) is 34.0. The number of nitrogens with zero attached hydrogens (tertiary/aromatic N) is 9. The normalized spacial score (nSPS) is 24.2. The molecule has 3 aliphatic carbocycles. The van der Waals surface area contributed by atoms with Gasteiger partial charge < -0.3 is 14.6 Å². The minimum atomic E-state index is -0.640. The van der Waals surface area contributed by atoms with Gasteiger partial charge in [-0.3, -0.25) is 18.6 Å². The lowest BCUT2D eigenvalue weighted by molar-refractivity contribution is -0.0408. The van der Waals surface area contributed by atoms with Crippen LogP contribution >= 0.6 is 0 Å². The number of nitrogens with one attached hydrogen (secondary N) is 1. The molecule has 17 heteroatoms. The van der Waals surface area contributed by atoms with Gasteiger partial charge in [-0.25, -0.2) is 33.2 Å². The molecule has 2 bridgehead atoms. The van der Waals surface area contributed by atoms with Crippen molar-refractivity contribution in [3.05, 3.63) is 84.6 Å². The number of ether oxygens (including phenoxy) is 2. The third kappa shape index (κ3) is 9.32. The van der Waals surface area contributed by atoms with Crippen molar-refractivity contribution in [3.8, 4) is 0 Å². The Morgan fingerprint density at radius 2 is 1.34 bits per heavy atom. The SMILES string of the molecule is CCn1c(C2CC2)n[nH]c1=O.CCn1c(C2CC2)nn(CC(O)CN2C3CCC2CC(OCc2ccccc2F)C3)c1=O.CCn1c(C2CC2)nn(CC2CO2)c1=O. The molecule has 3 saturated carbocycles. The molecule has 0 amide bonds. The second-order valence-corrected chi connectivity index (χ2v) is 16.8. The highest BCUT2D eigenvalue weighted by Crippen LogP contribution is 2.40. The summed E-state index contributed by atoms with van der Waals surface area (Å²) in [7, 11) is 0. The van der Waals surface area contributed by atoms with Gasteiger partial charge in [-0.2, -0.15) is 15.3 Å². The number of aromatic amines is 1. The number of halogens is 1. The molecule has 4 aromatic rings. The summed E-state index contributed by atoms with van der Waals surface area (Å²) >= 11 is 0. The number of H-pyrrole nitrogens is 1. The Balaban J connectivity index is 0.000000147. The van der Waals surface area contributed by atoms with Crippen LogP contribution in [0, 0.1) is 5.82 Å². The monoisotopic (exact) mass is 806 g/mol. The van der Waals surface area contributed by atoms with Crippen LogP contribution in [0.5, 0.6) is 0 Å². The van der Waals surface area contributed by atoms with Crippen molar-refractivity contribution in [2.45, 2.75) is 172 Å². The van der Waals surface area contributed by atoms with Crippen LogP contribution in [-0.2, 0) is 48.8 Å². The summed E-state index contributed by atoms with van der Waals surface area (Å²) in [5.74, 6) is 4.05. The van der Waals surface area contributed by atoms with Gasteiger partial charge in [-0.15, -0.1) is 0 Å². The van der Waals surface area contributed by atoms with Crippen molar-refractivity contribution in [3.63, 3.8) is 0 Å². The smallest absolute Gasteiger partial charge is 0.346 e. The van der Waals surface area contributed by atoms with Gasteiger partial charge in [0.1, 0.15) is 29.4 Å². The molecule has 10 rings (SSSR count). The molecule has 3 saturated heterocycles. The highest BCUT2D eigenvalue weighted by molar-refractivity contribution is 5.16. The highest BCUT2D eigenvalue weighted by Gasteiger charge is 2.42. The Morgan fingerprint density at radius 1 is 0.793 bits per heavy atom. The molecule has 3 aliphatic heterocycles. The van der Waals surface area contributed by atoms with E-state index < -0.39 is 6.10 Å². The van der Waals surface area contributed by atoms with E-state index in [0.717, 1.165) is 75.7 Å². The van der Waals surface area contributed by atoms with E-state index in [1.807, 2.05) is 26.8 Å². The Kier molecular flexibility index (Phi) is 12.3. The van der Waals surface area contributed by atoms with Crippen LogP contribution in [0.1, 0.15) is 126 Å². The lowest BCUT2D eigenvalue weighted by atomic mass is 9.99. The second-order valence-electron chi connectivity index (χ2n) is 16.8. The molecule has 316 valence electrons. The third-order valence-electron chi connectivity index (χ3n) is 12.3. The Labute approximate surface area is 336 Å². The fraction of sp³-hybridized carbons (Fsp3) is 0.707. The number of epoxide rings is 1. The van der Waals surface area contributed by atoms with Crippen LogP contribution in [0.2, 0.25) is 0 Å². The first kappa shape index (κ1) is 40.6. The Bertz CT molecular complexity index is 2170. The molecular weight excluding hydrogens is 748 g/mol. The summed E-state index contributed by atoms with van der Waals surface area (Å²) in [6.07, 6.45) is 10.6. The number of hydrogen-bond acceptors (Lipinski definition) is 10. The molecule has 2 N–H and O–H groups in total. The predicted octanol–water partition coefficient (Wildman–Crippen LogP) is 3.46. The molecule has 4 atom stereocenters. The minimum Gasteiger partial charge on any atom is -0.390 e. The zero-order chi connectivity index (χ0) is 40.5. The van der Waals surface area contributed by atoms with E-state index >= 15 is 0 Å². The quantitative estimate of drug-likeness (QED) is 0.169. The van der Waals surface area contributed by atoms with Gasteiger partial charge in [0.2, 0.25) is 0 Å². The van der Waals surface area contributed by atoms with Gasteiger partial charge in [0, 0.05) is 61.6 Å². The van der Waals surface area contributed by atoms with Gasteiger partial charge in [-0.05, 0) is 91.0 Å². The number of fused-ring (bicyclic) bond motifs is 2. The molecule has 16 nitrogen and oxygen atoms in total. The van der Waals surface area contributed by atoms with Crippen molar-refractivity contribution in [2.24, 2.45) is 0 Å². The molecule has 6 aliphatic rings. The minimum absolute atomic E-state index is 0.0231. The van der Waals surface area contributed by atoms with Crippen molar-refractivity contribution in [2.75, 3.05) is 13.2 Å². The first-order valence-electron chi connectivity index (χ1n) is 21.6. The van der Waals surface area contributed by atoms with E-state index in [2.05, 4.69) is 25.3 Å². The summed E-state index contributed by atoms with van der Waals surface area (Å²) in [4.78, 5) is 38.0. The van der Waals surface area contributed by atoms with Crippen LogP contribution in [-0.4, -0.2) is 97.0 Å². The summed E-state index contributed by atoms with van der Waals surface area (Å²) in [5, 5.41) is 26.2. The largest absolute Gasteiger partial charge is 0.390 e. The summed E-state index contributed by atoms with van der Waals surface area (Å²) in [6, 6.07) is 7.48. The Morgan fingerprint density at radius 3 is 1.90 bits per heavy atom. The number of aliphatic hydroxyl groups excluding tert-OH is 1. The number of piperidine rings is 1. The summed E-state index contributed by atoms with van der Waals surface area (Å²) in [5.41, 5.74) is 0.432. The summed E-state index contributed by atoms with van der Waals surface area (Å²) < 4.78 is 33.3. The number of hydrogen-bond donors (Lipinski definition) is 2. The average Bonchev–Trinajstić information content (AvgIpc) is 4.03. The van der Waals surface area contributed by atoms with E-state index in [-0.39, 0.29) is 41.6 Å². The van der Waals surface area contributed by atoms with Crippen LogP contribution in [0.25, 0.3) is 0 Å². The first-order chi connectivity index (χ1) is 28.1. The van der Waals surface area contributed by atoms with Crippen molar-refractivity contribution in [1.29, 1.82) is 0 Å². The topological polar surface area (TPSA) is 176 Å². The van der Waals surface area contributed by atoms with Crippen LogP contribution in [0.3, 0.4) is 0 Å². The standard InChI is InChI=1S/C24H33FN4O3.C10H15N3O2.C7H11N3O/c1-2-27-23(16-7-8-16)26-29(24(27)31)14-20(30)13-28-18-9-10-19(28)12-21(11-18)32-15-17-5-3-4-6-22(17)25;1-2-12-9(7-3-4-7)11-13(10(12)14)5-8-6-15-8;1-2-10-6(5-3-4-5)8-9-7(10)11/h3-6,16,18-21,30H,2,7-15H2,1H3;7-8H,2-6H2,1H3;5H,2-4H2,1H3,(H,9,11). The molecule has 3 aromatic heterocycles. The first-order valence-corrected chi connectivity index (χ1v) is 21.6. The van der Waals surface area contributed by atoms with Gasteiger partial charge in [-0.1, -0.05) is 18.2 Å². The van der Waals surface area contributed by atoms with E-state index in [4.69, 9.17) is 9.47 Å². The van der Waals surface area contributed by atoms with Gasteiger partial charge in [0.05, 0.1) is 38.5 Å². The third-order valence-corrected chi connectivity index (χ3v) is 12.3. The maximum Gasteiger partial charge on any atom is 0.346 e. The maximum atomic E-state index is 13.9. The Hall–Kier alpha value is -4.19. The van der Waals surface area contributed by atoms with Gasteiger partial charge in [0.25, 0.3) is 0 Å². The zero-order valence-corrected chi connectivity index (χ0v) is 34.0.